The van der Waals surface area contributed by atoms with Crippen molar-refractivity contribution < 1.29 is 14.4 Å². The van der Waals surface area contributed by atoms with E-state index in [9.17, 15) is 14.4 Å². The lowest BCUT2D eigenvalue weighted by Crippen LogP contribution is -2.54. The van der Waals surface area contributed by atoms with Gasteiger partial charge in [0.2, 0.25) is 17.7 Å². The van der Waals surface area contributed by atoms with Crippen LogP contribution in [0.2, 0.25) is 0 Å². The third-order valence-corrected chi connectivity index (χ3v) is 7.94. The summed E-state index contributed by atoms with van der Waals surface area (Å²) in [5.41, 5.74) is 0.992. The molecule has 0 aromatic heterocycles. The van der Waals surface area contributed by atoms with Crippen molar-refractivity contribution >= 4 is 28.5 Å². The molecule has 0 aliphatic carbocycles. The molecule has 3 amide bonds. The summed E-state index contributed by atoms with van der Waals surface area (Å²) < 4.78 is 0. The first-order valence-electron chi connectivity index (χ1n) is 15.4. The molecule has 220 valence electrons. The van der Waals surface area contributed by atoms with Gasteiger partial charge in [0, 0.05) is 25.4 Å². The van der Waals surface area contributed by atoms with Crippen LogP contribution in [0.1, 0.15) is 78.2 Å². The van der Waals surface area contributed by atoms with Crippen LogP contribution in [0.4, 0.5) is 0 Å². The van der Waals surface area contributed by atoms with Gasteiger partial charge in [-0.2, -0.15) is 0 Å². The second-order valence-electron chi connectivity index (χ2n) is 11.6. The van der Waals surface area contributed by atoms with Crippen molar-refractivity contribution in [2.45, 2.75) is 91.1 Å². The molecule has 1 saturated heterocycles. The first-order valence-corrected chi connectivity index (χ1v) is 15.4. The Hall–Kier alpha value is -2.93. The van der Waals surface area contributed by atoms with Crippen LogP contribution in [0.15, 0.2) is 42.5 Å². The van der Waals surface area contributed by atoms with E-state index in [1.807, 2.05) is 32.0 Å². The molecule has 1 aliphatic heterocycles. The Kier molecular flexibility index (Phi) is 12.9. The number of carbonyl (C=O) groups is 3. The smallest absolute Gasteiger partial charge is 0.243 e. The van der Waals surface area contributed by atoms with Gasteiger partial charge in [-0.25, -0.2) is 0 Å². The van der Waals surface area contributed by atoms with Gasteiger partial charge in [-0.1, -0.05) is 76.6 Å². The molecule has 1 aliphatic rings. The normalized spacial score (nSPS) is 16.1. The van der Waals surface area contributed by atoms with E-state index < -0.39 is 12.1 Å². The van der Waals surface area contributed by atoms with E-state index in [2.05, 4.69) is 54.1 Å². The van der Waals surface area contributed by atoms with E-state index in [0.29, 0.717) is 31.8 Å². The molecule has 40 heavy (non-hydrogen) atoms. The summed E-state index contributed by atoms with van der Waals surface area (Å²) in [6.07, 6.45) is 6.36. The largest absolute Gasteiger partial charge is 0.354 e. The van der Waals surface area contributed by atoms with E-state index in [1.165, 1.54) is 0 Å². The Morgan fingerprint density at radius 1 is 0.950 bits per heavy atom. The third-order valence-electron chi connectivity index (χ3n) is 7.94. The zero-order valence-corrected chi connectivity index (χ0v) is 25.0. The van der Waals surface area contributed by atoms with Crippen LogP contribution in [0.25, 0.3) is 10.8 Å². The molecule has 0 saturated carbocycles. The van der Waals surface area contributed by atoms with Crippen molar-refractivity contribution in [2.24, 2.45) is 11.8 Å². The van der Waals surface area contributed by atoms with Gasteiger partial charge in [-0.15, -0.1) is 0 Å². The molecule has 2 aromatic rings. The molecule has 2 atom stereocenters. The third kappa shape index (κ3) is 9.33. The molecule has 7 nitrogen and oxygen atoms in total. The molecule has 0 radical (unpaired) electrons. The highest BCUT2D eigenvalue weighted by Crippen LogP contribution is 2.23. The molecule has 0 spiro atoms. The summed E-state index contributed by atoms with van der Waals surface area (Å²) in [5.74, 6) is 0.235. The highest BCUT2D eigenvalue weighted by molar-refractivity contribution is 5.93. The second kappa shape index (κ2) is 16.4. The number of likely N-dealkylation sites (tertiary alicyclic amines) is 1. The Labute approximate surface area is 240 Å². The Morgan fingerprint density at radius 3 is 2.40 bits per heavy atom. The summed E-state index contributed by atoms with van der Waals surface area (Å²) in [5, 5.41) is 11.8. The zero-order chi connectivity index (χ0) is 28.9. The van der Waals surface area contributed by atoms with Crippen LogP contribution in [0.5, 0.6) is 0 Å². The fraction of sp³-hybridized carbons (Fsp3) is 0.606. The molecule has 7 heteroatoms. The number of hydrogen-bond donors (Lipinski definition) is 3. The highest BCUT2D eigenvalue weighted by atomic mass is 16.2. The number of rotatable bonds is 16. The minimum absolute atomic E-state index is 0.0565. The predicted molar refractivity (Wildman–Crippen MR) is 163 cm³/mol. The Bertz CT molecular complexity index is 1100. The zero-order valence-electron chi connectivity index (χ0n) is 25.0. The summed E-state index contributed by atoms with van der Waals surface area (Å²) in [4.78, 5) is 41.7. The molecular weight excluding hydrogens is 500 g/mol. The monoisotopic (exact) mass is 550 g/mol. The van der Waals surface area contributed by atoms with Crippen LogP contribution in [0.3, 0.4) is 0 Å². The summed E-state index contributed by atoms with van der Waals surface area (Å²) >= 11 is 0. The molecule has 0 bridgehead atoms. The van der Waals surface area contributed by atoms with Crippen LogP contribution >= 0.6 is 0 Å². The molecule has 3 rings (SSSR count). The number of benzene rings is 2. The second-order valence-corrected chi connectivity index (χ2v) is 11.6. The van der Waals surface area contributed by atoms with E-state index in [1.54, 1.807) is 4.90 Å². The molecule has 1 fully saturated rings. The van der Waals surface area contributed by atoms with Gasteiger partial charge in [0.05, 0.1) is 0 Å². The van der Waals surface area contributed by atoms with Crippen LogP contribution in [-0.4, -0.2) is 60.9 Å². The lowest BCUT2D eigenvalue weighted by molar-refractivity contribution is -0.142. The summed E-state index contributed by atoms with van der Waals surface area (Å²) in [7, 11) is 0. The Balaban J connectivity index is 1.64. The summed E-state index contributed by atoms with van der Waals surface area (Å²) in [6.45, 7) is 11.6. The number of nitrogens with zero attached hydrogens (tertiary/aromatic N) is 1. The maximum atomic E-state index is 13.5. The SMILES string of the molecule is CCC(CC)C(=O)N1CCCC1C(=O)N[C@H](Cc1ccc2ccccc2c1)C(=O)NCCCCCNCC(C)C. The molecule has 3 N–H and O–H groups in total. The van der Waals surface area contributed by atoms with Gasteiger partial charge < -0.3 is 20.9 Å². The lowest BCUT2D eigenvalue weighted by Gasteiger charge is -2.29. The number of nitrogens with one attached hydrogen (secondary N) is 3. The number of unbranched alkanes of at least 4 members (excludes halogenated alkanes) is 2. The van der Waals surface area contributed by atoms with Crippen molar-refractivity contribution in [3.05, 3.63) is 48.0 Å². The van der Waals surface area contributed by atoms with Gasteiger partial charge >= 0.3 is 0 Å². The number of fused-ring (bicyclic) bond motifs is 1. The minimum atomic E-state index is -0.702. The van der Waals surface area contributed by atoms with Gasteiger partial charge in [0.1, 0.15) is 12.1 Å². The van der Waals surface area contributed by atoms with Crippen LogP contribution in [0, 0.1) is 11.8 Å². The van der Waals surface area contributed by atoms with Crippen molar-refractivity contribution in [3.63, 3.8) is 0 Å². The first kappa shape index (κ1) is 31.6. The minimum Gasteiger partial charge on any atom is -0.354 e. The molecular formula is C33H50N4O3. The molecule has 1 unspecified atom stereocenters. The molecule has 1 heterocycles. The van der Waals surface area contributed by atoms with Crippen molar-refractivity contribution in [1.82, 2.24) is 20.9 Å². The van der Waals surface area contributed by atoms with E-state index in [4.69, 9.17) is 0 Å². The fourth-order valence-corrected chi connectivity index (χ4v) is 5.53. The van der Waals surface area contributed by atoms with Crippen molar-refractivity contribution in [2.75, 3.05) is 26.2 Å². The van der Waals surface area contributed by atoms with Crippen LogP contribution in [-0.2, 0) is 20.8 Å². The maximum absolute atomic E-state index is 13.5. The number of amides is 3. The maximum Gasteiger partial charge on any atom is 0.243 e. The number of carbonyl (C=O) groups excluding carboxylic acids is 3. The van der Waals surface area contributed by atoms with E-state index >= 15 is 0 Å². The van der Waals surface area contributed by atoms with Crippen molar-refractivity contribution in [3.8, 4) is 0 Å². The predicted octanol–water partition coefficient (Wildman–Crippen LogP) is 4.83. The topological polar surface area (TPSA) is 90.5 Å². The standard InChI is InChI=1S/C33H50N4O3/c1-5-26(6-2)33(40)37-20-12-15-30(37)32(39)36-29(22-25-16-17-27-13-8-9-14-28(27)21-25)31(38)35-19-11-7-10-18-34-23-24(3)4/h8-9,13-14,16-17,21,24,26,29-30,34H,5-7,10-12,15,18-20,22-23H2,1-4H3,(H,35,38)(H,36,39)/t29-,30?/m1/s1. The summed E-state index contributed by atoms with van der Waals surface area (Å²) in [6, 6.07) is 13.1. The van der Waals surface area contributed by atoms with Crippen LogP contribution < -0.4 is 16.0 Å². The molecule has 2 aromatic carbocycles. The van der Waals surface area contributed by atoms with Gasteiger partial charge in [0.25, 0.3) is 0 Å². The van der Waals surface area contributed by atoms with E-state index in [-0.39, 0.29) is 23.6 Å². The van der Waals surface area contributed by atoms with Gasteiger partial charge in [-0.05, 0) is 73.9 Å². The quantitative estimate of drug-likeness (QED) is 0.261. The highest BCUT2D eigenvalue weighted by Gasteiger charge is 2.37. The fourth-order valence-electron chi connectivity index (χ4n) is 5.53. The lowest BCUT2D eigenvalue weighted by atomic mass is 10.00. The first-order chi connectivity index (χ1) is 19.3. The van der Waals surface area contributed by atoms with Crippen molar-refractivity contribution in [1.29, 1.82) is 0 Å². The van der Waals surface area contributed by atoms with Gasteiger partial charge in [0.15, 0.2) is 0 Å². The average molecular weight is 551 g/mol. The van der Waals surface area contributed by atoms with E-state index in [0.717, 1.165) is 68.0 Å². The average Bonchev–Trinajstić information content (AvgIpc) is 3.44. The number of hydrogen-bond acceptors (Lipinski definition) is 4. The Morgan fingerprint density at radius 2 is 1.68 bits per heavy atom. The van der Waals surface area contributed by atoms with Gasteiger partial charge in [-0.3, -0.25) is 14.4 Å².